The molecule has 0 aliphatic rings. The quantitative estimate of drug-likeness (QED) is 0.302. The fourth-order valence-corrected chi connectivity index (χ4v) is 3.29. The lowest BCUT2D eigenvalue weighted by molar-refractivity contribution is -0.124. The molecule has 8 heteroatoms. The van der Waals surface area contributed by atoms with Gasteiger partial charge in [0.25, 0.3) is 0 Å². The van der Waals surface area contributed by atoms with Crippen molar-refractivity contribution in [3.8, 4) is 17.6 Å². The number of aryl methyl sites for hydroxylation is 1. The average Bonchev–Trinajstić information content (AvgIpc) is 2.88. The fraction of sp³-hybridized carbons (Fsp3) is 0.214. The molecule has 2 amide bonds. The van der Waals surface area contributed by atoms with Crippen LogP contribution in [0.25, 0.3) is 0 Å². The monoisotopic (exact) mass is 484 g/mol. The van der Waals surface area contributed by atoms with E-state index in [-0.39, 0.29) is 31.3 Å². The van der Waals surface area contributed by atoms with Crippen LogP contribution in [-0.2, 0) is 16.2 Å². The summed E-state index contributed by atoms with van der Waals surface area (Å²) in [6, 6.07) is 22.1. The van der Waals surface area contributed by atoms with Crippen molar-refractivity contribution in [1.29, 1.82) is 5.26 Å². The minimum Gasteiger partial charge on any atom is -0.490 e. The maximum atomic E-state index is 12.1. The smallest absolute Gasteiger partial charge is 0.240 e. The zero-order valence-electron chi connectivity index (χ0n) is 20.3. The second kappa shape index (κ2) is 13.3. The van der Waals surface area contributed by atoms with Gasteiger partial charge < -0.3 is 14.8 Å². The normalized spacial score (nSPS) is 10.5. The predicted molar refractivity (Wildman–Crippen MR) is 138 cm³/mol. The molecule has 0 saturated carbocycles. The van der Waals surface area contributed by atoms with Crippen LogP contribution in [0.2, 0.25) is 0 Å². The third-order valence-corrected chi connectivity index (χ3v) is 5.19. The van der Waals surface area contributed by atoms with Crippen LogP contribution in [0.15, 0.2) is 71.8 Å². The predicted octanol–water partition coefficient (Wildman–Crippen LogP) is 4.71. The lowest BCUT2D eigenvalue weighted by Crippen LogP contribution is -2.20. The van der Waals surface area contributed by atoms with Crippen molar-refractivity contribution in [2.45, 2.75) is 33.3 Å². The van der Waals surface area contributed by atoms with Crippen LogP contribution in [0.5, 0.6) is 11.5 Å². The third-order valence-electron chi connectivity index (χ3n) is 5.19. The van der Waals surface area contributed by atoms with E-state index in [0.717, 1.165) is 16.8 Å². The molecule has 0 spiro atoms. The van der Waals surface area contributed by atoms with Crippen molar-refractivity contribution in [3.05, 3.63) is 89.0 Å². The van der Waals surface area contributed by atoms with E-state index in [1.54, 1.807) is 30.3 Å². The largest absolute Gasteiger partial charge is 0.490 e. The number of rotatable bonds is 11. The van der Waals surface area contributed by atoms with Crippen LogP contribution >= 0.6 is 0 Å². The summed E-state index contributed by atoms with van der Waals surface area (Å²) < 4.78 is 11.6. The van der Waals surface area contributed by atoms with Gasteiger partial charge in [-0.2, -0.15) is 10.4 Å². The summed E-state index contributed by atoms with van der Waals surface area (Å²) >= 11 is 0. The van der Waals surface area contributed by atoms with E-state index in [1.165, 1.54) is 6.21 Å². The number of nitrogens with one attached hydrogen (secondary N) is 2. The van der Waals surface area contributed by atoms with Gasteiger partial charge in [0.15, 0.2) is 11.5 Å². The number of nitriles is 1. The van der Waals surface area contributed by atoms with Gasteiger partial charge in [0.2, 0.25) is 11.8 Å². The molecule has 3 aromatic rings. The minimum absolute atomic E-state index is 0.0101. The van der Waals surface area contributed by atoms with Crippen molar-refractivity contribution >= 4 is 23.7 Å². The molecule has 0 fully saturated rings. The van der Waals surface area contributed by atoms with E-state index in [1.807, 2.05) is 50.2 Å². The molecule has 0 aromatic heterocycles. The molecule has 3 aromatic carbocycles. The summed E-state index contributed by atoms with van der Waals surface area (Å²) in [4.78, 5) is 24.2. The second-order valence-corrected chi connectivity index (χ2v) is 7.85. The first-order valence-corrected chi connectivity index (χ1v) is 11.5. The highest BCUT2D eigenvalue weighted by molar-refractivity contribution is 5.94. The van der Waals surface area contributed by atoms with Crippen LogP contribution in [0.3, 0.4) is 0 Å². The highest BCUT2D eigenvalue weighted by Gasteiger charge is 2.10. The summed E-state index contributed by atoms with van der Waals surface area (Å²) in [6.45, 7) is 4.43. The summed E-state index contributed by atoms with van der Waals surface area (Å²) in [6.07, 6.45) is 1.55. The Morgan fingerprint density at radius 3 is 2.50 bits per heavy atom. The van der Waals surface area contributed by atoms with E-state index in [4.69, 9.17) is 9.47 Å². The number of anilines is 1. The van der Waals surface area contributed by atoms with E-state index in [0.29, 0.717) is 29.2 Å². The molecule has 36 heavy (non-hydrogen) atoms. The van der Waals surface area contributed by atoms with Crippen LogP contribution in [0.1, 0.15) is 42.0 Å². The highest BCUT2D eigenvalue weighted by atomic mass is 16.5. The SMILES string of the molecule is CCOc1cc(C=NNC(=O)CCC(=O)Nc2ccccc2C)ccc1OCc1ccccc1C#N. The topological polar surface area (TPSA) is 113 Å². The van der Waals surface area contributed by atoms with E-state index >= 15 is 0 Å². The van der Waals surface area contributed by atoms with Crippen molar-refractivity contribution in [2.75, 3.05) is 11.9 Å². The molecule has 0 heterocycles. The van der Waals surface area contributed by atoms with Crippen molar-refractivity contribution in [2.24, 2.45) is 5.10 Å². The Balaban J connectivity index is 1.52. The van der Waals surface area contributed by atoms with Crippen molar-refractivity contribution in [1.82, 2.24) is 5.43 Å². The van der Waals surface area contributed by atoms with Gasteiger partial charge in [-0.1, -0.05) is 36.4 Å². The maximum absolute atomic E-state index is 12.1. The van der Waals surface area contributed by atoms with Crippen molar-refractivity contribution < 1.29 is 19.1 Å². The Morgan fingerprint density at radius 2 is 1.72 bits per heavy atom. The number of nitrogens with zero attached hydrogens (tertiary/aromatic N) is 2. The van der Waals surface area contributed by atoms with Crippen LogP contribution in [-0.4, -0.2) is 24.6 Å². The molecular weight excluding hydrogens is 456 g/mol. The van der Waals surface area contributed by atoms with Crippen LogP contribution < -0.4 is 20.2 Å². The first-order chi connectivity index (χ1) is 17.5. The number of hydrazone groups is 1. The Morgan fingerprint density at radius 1 is 0.972 bits per heavy atom. The van der Waals surface area contributed by atoms with Crippen LogP contribution in [0.4, 0.5) is 5.69 Å². The zero-order valence-corrected chi connectivity index (χ0v) is 20.3. The molecule has 8 nitrogen and oxygen atoms in total. The molecule has 0 bridgehead atoms. The summed E-state index contributed by atoms with van der Waals surface area (Å²) in [7, 11) is 0. The zero-order chi connectivity index (χ0) is 25.8. The van der Waals surface area contributed by atoms with Gasteiger partial charge in [-0.3, -0.25) is 9.59 Å². The first kappa shape index (κ1) is 26.0. The fourth-order valence-electron chi connectivity index (χ4n) is 3.29. The molecule has 0 radical (unpaired) electrons. The van der Waals surface area contributed by atoms with Gasteiger partial charge in [0.05, 0.1) is 24.5 Å². The first-order valence-electron chi connectivity index (χ1n) is 11.5. The molecule has 0 atom stereocenters. The molecule has 0 unspecified atom stereocenters. The highest BCUT2D eigenvalue weighted by Crippen LogP contribution is 2.29. The summed E-state index contributed by atoms with van der Waals surface area (Å²) in [5.41, 5.74) is 6.15. The van der Waals surface area contributed by atoms with Gasteiger partial charge >= 0.3 is 0 Å². The van der Waals surface area contributed by atoms with Gasteiger partial charge in [0, 0.05) is 24.1 Å². The number of carbonyl (C=O) groups is 2. The standard InChI is InChI=1S/C28H28N4O4/c1-3-35-26-16-21(12-13-25(26)36-19-23-10-6-5-9-22(23)17-29)18-30-32-28(34)15-14-27(33)31-24-11-7-4-8-20(24)2/h4-13,16,18H,3,14-15,19H2,1-2H3,(H,31,33)(H,32,34). The Kier molecular flexibility index (Phi) is 9.60. The number of hydrogen-bond donors (Lipinski definition) is 2. The average molecular weight is 485 g/mol. The third kappa shape index (κ3) is 7.71. The van der Waals surface area contributed by atoms with E-state index in [9.17, 15) is 14.9 Å². The summed E-state index contributed by atoms with van der Waals surface area (Å²) in [5, 5.41) is 16.0. The molecule has 3 rings (SSSR count). The molecule has 0 saturated heterocycles. The van der Waals surface area contributed by atoms with Gasteiger partial charge in [-0.25, -0.2) is 5.43 Å². The minimum atomic E-state index is -0.368. The van der Waals surface area contributed by atoms with Gasteiger partial charge in [0.1, 0.15) is 6.61 Å². The van der Waals surface area contributed by atoms with E-state index in [2.05, 4.69) is 21.9 Å². The maximum Gasteiger partial charge on any atom is 0.240 e. The Labute approximate surface area is 210 Å². The lowest BCUT2D eigenvalue weighted by atomic mass is 10.1. The number of benzene rings is 3. The number of para-hydroxylation sites is 1. The second-order valence-electron chi connectivity index (χ2n) is 7.85. The molecule has 184 valence electrons. The lowest BCUT2D eigenvalue weighted by Gasteiger charge is -2.13. The molecular formula is C28H28N4O4. The van der Waals surface area contributed by atoms with E-state index < -0.39 is 0 Å². The number of amides is 2. The van der Waals surface area contributed by atoms with Crippen LogP contribution in [0, 0.1) is 18.3 Å². The molecule has 0 aliphatic heterocycles. The number of ether oxygens (including phenoxy) is 2. The van der Waals surface area contributed by atoms with Gasteiger partial charge in [-0.05, 0) is 55.3 Å². The Bertz CT molecular complexity index is 1280. The van der Waals surface area contributed by atoms with Crippen molar-refractivity contribution in [3.63, 3.8) is 0 Å². The number of hydrogen-bond acceptors (Lipinski definition) is 6. The Hall–Kier alpha value is -4.64. The molecule has 2 N–H and O–H groups in total. The molecule has 0 aliphatic carbocycles. The summed E-state index contributed by atoms with van der Waals surface area (Å²) in [5.74, 6) is 0.450. The van der Waals surface area contributed by atoms with Gasteiger partial charge in [-0.15, -0.1) is 0 Å². The number of carbonyl (C=O) groups excluding carboxylic acids is 2.